The minimum absolute atomic E-state index is 0.138. The number of nitrogens with one attached hydrogen (secondary N) is 4. The number of primary amides is 1. The minimum Gasteiger partial charge on any atom is -0.369 e. The Morgan fingerprint density at radius 1 is 0.953 bits per heavy atom. The molecule has 43 heavy (non-hydrogen) atoms. The molecule has 0 bridgehead atoms. The van der Waals surface area contributed by atoms with E-state index >= 15 is 0 Å². The lowest BCUT2D eigenvalue weighted by molar-refractivity contribution is -0.129. The smallest absolute Gasteiger partial charge is 0.260 e. The molecule has 226 valence electrons. The average Bonchev–Trinajstić information content (AvgIpc) is 2.96. The molecule has 4 amide bonds. The number of carbonyl (C=O) groups excluding carboxylic acids is 4. The van der Waals surface area contributed by atoms with E-state index < -0.39 is 11.8 Å². The molecule has 0 aliphatic carbocycles. The first-order chi connectivity index (χ1) is 20.5. The predicted octanol–water partition coefficient (Wildman–Crippen LogP) is 2.91. The zero-order valence-electron chi connectivity index (χ0n) is 24.7. The van der Waals surface area contributed by atoms with Gasteiger partial charge in [0.25, 0.3) is 5.91 Å². The Hall–Kier alpha value is -5.30. The lowest BCUT2D eigenvalue weighted by Crippen LogP contribution is -2.34. The normalized spacial score (nSPS) is 10.8. The van der Waals surface area contributed by atoms with Crippen molar-refractivity contribution in [2.75, 3.05) is 62.0 Å². The summed E-state index contributed by atoms with van der Waals surface area (Å²) in [6.07, 6.45) is 5.37. The van der Waals surface area contributed by atoms with Gasteiger partial charge in [-0.15, -0.1) is 0 Å². The van der Waals surface area contributed by atoms with E-state index in [2.05, 4.69) is 31.2 Å². The van der Waals surface area contributed by atoms with Crippen molar-refractivity contribution in [1.82, 2.24) is 19.8 Å². The lowest BCUT2D eigenvalue weighted by atomic mass is 10.2. The molecule has 6 N–H and O–H groups in total. The fourth-order valence-electron chi connectivity index (χ4n) is 3.69. The van der Waals surface area contributed by atoms with E-state index in [1.54, 1.807) is 61.7 Å². The first kappa shape index (κ1) is 32.2. The van der Waals surface area contributed by atoms with Gasteiger partial charge in [0.2, 0.25) is 23.7 Å². The maximum atomic E-state index is 13.2. The monoisotopic (exact) mass is 587 g/mol. The van der Waals surface area contributed by atoms with Crippen LogP contribution < -0.4 is 27.0 Å². The summed E-state index contributed by atoms with van der Waals surface area (Å²) in [5, 5.41) is 11.8. The number of hydrogen-bond donors (Lipinski definition) is 5. The minimum atomic E-state index is -0.527. The van der Waals surface area contributed by atoms with Crippen molar-refractivity contribution in [1.29, 1.82) is 0 Å². The predicted molar refractivity (Wildman–Crippen MR) is 167 cm³/mol. The SMILES string of the molecule is CCCNc1nc(Nc2ccc(C(N)=O)cc2)ncc1C(=O)Nc1cccc(NC(=O)CN(C)C(=O)/C=C/CN(C)C)c1. The number of nitrogens with zero attached hydrogens (tertiary/aromatic N) is 4. The molecule has 3 rings (SSSR count). The van der Waals surface area contributed by atoms with Gasteiger partial charge in [0.15, 0.2) is 0 Å². The number of likely N-dealkylation sites (N-methyl/N-ethyl adjacent to an activating group) is 2. The van der Waals surface area contributed by atoms with Crippen molar-refractivity contribution in [3.63, 3.8) is 0 Å². The van der Waals surface area contributed by atoms with Crippen molar-refractivity contribution in [2.24, 2.45) is 5.73 Å². The van der Waals surface area contributed by atoms with E-state index in [4.69, 9.17) is 5.73 Å². The van der Waals surface area contributed by atoms with Gasteiger partial charge in [-0.3, -0.25) is 19.2 Å². The van der Waals surface area contributed by atoms with Crippen LogP contribution in [-0.2, 0) is 9.59 Å². The molecular weight excluding hydrogens is 550 g/mol. The molecule has 0 aliphatic heterocycles. The Morgan fingerprint density at radius 3 is 2.30 bits per heavy atom. The molecule has 2 aromatic carbocycles. The second kappa shape index (κ2) is 15.6. The summed E-state index contributed by atoms with van der Waals surface area (Å²) in [6.45, 7) is 3.04. The number of aromatic nitrogens is 2. The third-order valence-electron chi connectivity index (χ3n) is 5.89. The highest BCUT2D eigenvalue weighted by Gasteiger charge is 2.16. The third kappa shape index (κ3) is 10.2. The molecule has 0 atom stereocenters. The largest absolute Gasteiger partial charge is 0.369 e. The maximum absolute atomic E-state index is 13.2. The third-order valence-corrected chi connectivity index (χ3v) is 5.89. The molecule has 0 aliphatic rings. The van der Waals surface area contributed by atoms with Crippen molar-refractivity contribution in [2.45, 2.75) is 13.3 Å². The Labute approximate surface area is 250 Å². The van der Waals surface area contributed by atoms with Crippen LogP contribution in [0.4, 0.5) is 28.8 Å². The van der Waals surface area contributed by atoms with Crippen LogP contribution in [-0.4, -0.2) is 84.2 Å². The summed E-state index contributed by atoms with van der Waals surface area (Å²) in [5.74, 6) is -1.05. The van der Waals surface area contributed by atoms with Crippen molar-refractivity contribution < 1.29 is 19.2 Å². The van der Waals surface area contributed by atoms with Crippen LogP contribution in [0.25, 0.3) is 0 Å². The topological polar surface area (TPSA) is 175 Å². The molecule has 0 radical (unpaired) electrons. The molecule has 13 heteroatoms. The first-order valence-electron chi connectivity index (χ1n) is 13.6. The molecule has 3 aromatic rings. The lowest BCUT2D eigenvalue weighted by Gasteiger charge is -2.16. The Bertz CT molecular complexity index is 1470. The number of benzene rings is 2. The van der Waals surface area contributed by atoms with Gasteiger partial charge in [-0.05, 0) is 63.0 Å². The zero-order valence-corrected chi connectivity index (χ0v) is 24.7. The van der Waals surface area contributed by atoms with Crippen molar-refractivity contribution in [3.8, 4) is 0 Å². The van der Waals surface area contributed by atoms with Crippen LogP contribution in [0.5, 0.6) is 0 Å². The van der Waals surface area contributed by atoms with Gasteiger partial charge in [0.1, 0.15) is 11.4 Å². The number of anilines is 5. The van der Waals surface area contributed by atoms with Crippen LogP contribution in [0.1, 0.15) is 34.1 Å². The van der Waals surface area contributed by atoms with Crippen LogP contribution in [0, 0.1) is 0 Å². The quantitative estimate of drug-likeness (QED) is 0.178. The van der Waals surface area contributed by atoms with Gasteiger partial charge in [0.05, 0.1) is 6.54 Å². The molecular formula is C30H37N9O4. The van der Waals surface area contributed by atoms with Gasteiger partial charge in [-0.25, -0.2) is 4.98 Å². The van der Waals surface area contributed by atoms with Gasteiger partial charge in [0, 0.05) is 55.0 Å². The summed E-state index contributed by atoms with van der Waals surface area (Å²) in [5.41, 5.74) is 7.42. The van der Waals surface area contributed by atoms with Crippen LogP contribution >= 0.6 is 0 Å². The number of amides is 4. The van der Waals surface area contributed by atoms with E-state index in [9.17, 15) is 19.2 Å². The molecule has 0 fully saturated rings. The number of carbonyl (C=O) groups is 4. The second-order valence-electron chi connectivity index (χ2n) is 9.89. The first-order valence-corrected chi connectivity index (χ1v) is 13.6. The fourth-order valence-corrected chi connectivity index (χ4v) is 3.69. The molecule has 13 nitrogen and oxygen atoms in total. The summed E-state index contributed by atoms with van der Waals surface area (Å²) >= 11 is 0. The summed E-state index contributed by atoms with van der Waals surface area (Å²) in [6, 6.07) is 13.2. The maximum Gasteiger partial charge on any atom is 0.260 e. The number of hydrogen-bond acceptors (Lipinski definition) is 9. The van der Waals surface area contributed by atoms with Gasteiger partial charge in [-0.1, -0.05) is 19.1 Å². The second-order valence-corrected chi connectivity index (χ2v) is 9.89. The highest BCUT2D eigenvalue weighted by atomic mass is 16.2. The van der Waals surface area contributed by atoms with Gasteiger partial charge >= 0.3 is 0 Å². The van der Waals surface area contributed by atoms with E-state index in [0.29, 0.717) is 41.5 Å². The number of nitrogens with two attached hydrogens (primary N) is 1. The van der Waals surface area contributed by atoms with E-state index in [-0.39, 0.29) is 29.9 Å². The Kier molecular flexibility index (Phi) is 11.7. The Balaban J connectivity index is 1.66. The van der Waals surface area contributed by atoms with Crippen LogP contribution in [0.2, 0.25) is 0 Å². The summed E-state index contributed by atoms with van der Waals surface area (Å²) in [4.78, 5) is 61.3. The zero-order chi connectivity index (χ0) is 31.4. The van der Waals surface area contributed by atoms with Crippen LogP contribution in [0.3, 0.4) is 0 Å². The van der Waals surface area contributed by atoms with Crippen molar-refractivity contribution >= 4 is 52.5 Å². The van der Waals surface area contributed by atoms with E-state index in [1.165, 1.54) is 17.2 Å². The fraction of sp³-hybridized carbons (Fsp3) is 0.267. The summed E-state index contributed by atoms with van der Waals surface area (Å²) in [7, 11) is 5.33. The Morgan fingerprint density at radius 2 is 1.65 bits per heavy atom. The average molecular weight is 588 g/mol. The van der Waals surface area contributed by atoms with E-state index in [0.717, 1.165) is 6.42 Å². The highest BCUT2D eigenvalue weighted by molar-refractivity contribution is 6.07. The molecule has 1 heterocycles. The van der Waals surface area contributed by atoms with Crippen LogP contribution in [0.15, 0.2) is 66.9 Å². The highest BCUT2D eigenvalue weighted by Crippen LogP contribution is 2.21. The van der Waals surface area contributed by atoms with Gasteiger partial charge < -0.3 is 36.8 Å². The molecule has 0 unspecified atom stereocenters. The molecule has 0 saturated carbocycles. The molecule has 0 saturated heterocycles. The molecule has 1 aromatic heterocycles. The van der Waals surface area contributed by atoms with E-state index in [1.807, 2.05) is 25.9 Å². The van der Waals surface area contributed by atoms with Gasteiger partial charge in [-0.2, -0.15) is 4.98 Å². The van der Waals surface area contributed by atoms with Crippen molar-refractivity contribution in [3.05, 3.63) is 78.0 Å². The summed E-state index contributed by atoms with van der Waals surface area (Å²) < 4.78 is 0. The standard InChI is InChI=1S/C30H37N9O4/c1-5-15-32-28-24(18-33-30(37-28)36-21-13-11-20(12-14-21)27(31)42)29(43)35-23-9-6-8-22(17-23)34-25(40)19-39(4)26(41)10-7-16-38(2)3/h6-14,17-18H,5,15-16,19H2,1-4H3,(H2,31,42)(H,34,40)(H,35,43)(H2,32,33,36,37)/b10-7+. The number of rotatable bonds is 14. The molecule has 0 spiro atoms.